The molecule has 0 amide bonds. The van der Waals surface area contributed by atoms with E-state index in [1.54, 1.807) is 48.5 Å². The highest BCUT2D eigenvalue weighted by Crippen LogP contribution is 2.64. The van der Waals surface area contributed by atoms with Crippen LogP contribution in [0.3, 0.4) is 0 Å². The lowest BCUT2D eigenvalue weighted by atomic mass is 9.70. The van der Waals surface area contributed by atoms with Crippen LogP contribution in [0.4, 0.5) is 39.5 Å². The summed E-state index contributed by atoms with van der Waals surface area (Å²) in [5, 5.41) is -5.63. The molecule has 0 unspecified atom stereocenters. The summed E-state index contributed by atoms with van der Waals surface area (Å²) in [6.07, 6.45) is -7.24. The Kier molecular flexibility index (Phi) is 7.30. The molecule has 9 rings (SSSR count). The Morgan fingerprint density at radius 1 is 0.491 bits per heavy atom. The van der Waals surface area contributed by atoms with E-state index in [0.717, 1.165) is 32.0 Å². The van der Waals surface area contributed by atoms with Gasteiger partial charge in [-0.05, 0) is 80.4 Å². The number of halogens is 9. The van der Waals surface area contributed by atoms with E-state index in [-0.39, 0.29) is 16.7 Å². The van der Waals surface area contributed by atoms with Crippen LogP contribution in [-0.4, -0.2) is 31.7 Å². The van der Waals surface area contributed by atoms with Crippen LogP contribution in [-0.2, 0) is 15.5 Å². The molecule has 6 aromatic carbocycles. The van der Waals surface area contributed by atoms with Crippen LogP contribution in [0, 0.1) is 0 Å². The predicted octanol–water partition coefficient (Wildman–Crippen LogP) is 12.2. The number of fused-ring (bicyclic) bond motifs is 13. The van der Waals surface area contributed by atoms with Crippen molar-refractivity contribution in [1.29, 1.82) is 0 Å². The highest BCUT2D eigenvalue weighted by atomic mass is 32.2. The first-order valence-corrected chi connectivity index (χ1v) is 18.7. The van der Waals surface area contributed by atoms with Crippen molar-refractivity contribution in [2.24, 2.45) is 0 Å². The van der Waals surface area contributed by atoms with Crippen LogP contribution in [0.1, 0.15) is 22.3 Å². The number of alkyl halides is 9. The lowest BCUT2D eigenvalue weighted by Crippen LogP contribution is -2.63. The molecule has 0 aliphatic heterocycles. The van der Waals surface area contributed by atoms with Crippen molar-refractivity contribution in [3.63, 3.8) is 0 Å². The number of benzene rings is 6. The molecule has 0 radical (unpaired) electrons. The third-order valence-electron chi connectivity index (χ3n) is 10.4. The molecule has 0 bridgehead atoms. The SMILES string of the molecule is O=S(=O)(Oc1cc2c(cc1-c1ccc3sc4ccccc4c3c1)-c1ccccc1C21c2ccccc2-c2ccccc21)C(F)(F)C(F)(F)C(F)(F)C(F)(F)F. The van der Waals surface area contributed by atoms with E-state index in [1.165, 1.54) is 23.5 Å². The summed E-state index contributed by atoms with van der Waals surface area (Å²) >= 11 is 1.43. The zero-order valence-corrected chi connectivity index (χ0v) is 29.2. The van der Waals surface area contributed by atoms with Gasteiger partial charge in [-0.2, -0.15) is 47.9 Å². The maximum Gasteiger partial charge on any atom is 0.460 e. The fourth-order valence-corrected chi connectivity index (χ4v) is 10.0. The second-order valence-electron chi connectivity index (χ2n) is 13.3. The topological polar surface area (TPSA) is 43.4 Å². The van der Waals surface area contributed by atoms with Crippen molar-refractivity contribution in [2.75, 3.05) is 0 Å². The second kappa shape index (κ2) is 11.4. The highest BCUT2D eigenvalue weighted by Gasteiger charge is 2.86. The fraction of sp³-hybridized carbons (Fsp3) is 0.122. The molecule has 7 aromatic rings. The van der Waals surface area contributed by atoms with Crippen LogP contribution >= 0.6 is 11.3 Å². The van der Waals surface area contributed by atoms with Crippen molar-refractivity contribution >= 4 is 41.6 Å². The van der Waals surface area contributed by atoms with Crippen LogP contribution < -0.4 is 4.18 Å². The Labute approximate surface area is 310 Å². The van der Waals surface area contributed by atoms with Crippen molar-refractivity contribution in [2.45, 2.75) is 28.7 Å². The zero-order chi connectivity index (χ0) is 38.9. The van der Waals surface area contributed by atoms with E-state index in [1.807, 2.05) is 60.7 Å². The Morgan fingerprint density at radius 3 is 1.58 bits per heavy atom. The lowest BCUT2D eigenvalue weighted by molar-refractivity contribution is -0.382. The average molecular weight is 797 g/mol. The summed E-state index contributed by atoms with van der Waals surface area (Å²) in [7, 11) is -7.31. The Morgan fingerprint density at radius 2 is 1.00 bits per heavy atom. The van der Waals surface area contributed by atoms with Gasteiger partial charge in [0.2, 0.25) is 0 Å². The van der Waals surface area contributed by atoms with Crippen molar-refractivity contribution in [3.8, 4) is 39.1 Å². The number of hydrogen-bond donors (Lipinski definition) is 0. The molecule has 278 valence electrons. The molecule has 3 nitrogen and oxygen atoms in total. The summed E-state index contributed by atoms with van der Waals surface area (Å²) in [6, 6.07) is 36.3. The van der Waals surface area contributed by atoms with Gasteiger partial charge >= 0.3 is 33.4 Å². The molecule has 55 heavy (non-hydrogen) atoms. The van der Waals surface area contributed by atoms with E-state index >= 15 is 8.78 Å². The monoisotopic (exact) mass is 796 g/mol. The van der Waals surface area contributed by atoms with Gasteiger partial charge in [-0.1, -0.05) is 97.1 Å². The van der Waals surface area contributed by atoms with Crippen molar-refractivity contribution in [1.82, 2.24) is 0 Å². The molecule has 1 heterocycles. The van der Waals surface area contributed by atoms with Gasteiger partial charge < -0.3 is 4.18 Å². The number of rotatable bonds is 6. The van der Waals surface area contributed by atoms with Crippen LogP contribution in [0.2, 0.25) is 0 Å². The van der Waals surface area contributed by atoms with Gasteiger partial charge in [0.25, 0.3) is 0 Å². The first-order chi connectivity index (χ1) is 25.9. The molecular formula is C41H21F9O3S2. The predicted molar refractivity (Wildman–Crippen MR) is 192 cm³/mol. The molecule has 2 aliphatic carbocycles. The maximum atomic E-state index is 15.3. The summed E-state index contributed by atoms with van der Waals surface area (Å²) in [6.45, 7) is 0. The van der Waals surface area contributed by atoms with E-state index in [2.05, 4.69) is 0 Å². The number of hydrogen-bond acceptors (Lipinski definition) is 4. The molecule has 0 N–H and O–H groups in total. The largest absolute Gasteiger partial charge is 0.460 e. The van der Waals surface area contributed by atoms with Crippen LogP contribution in [0.25, 0.3) is 53.6 Å². The molecule has 2 aliphatic rings. The van der Waals surface area contributed by atoms with Gasteiger partial charge in [0.15, 0.2) is 5.75 Å². The third-order valence-corrected chi connectivity index (χ3v) is 12.8. The molecule has 14 heteroatoms. The van der Waals surface area contributed by atoms with E-state index in [0.29, 0.717) is 33.2 Å². The summed E-state index contributed by atoms with van der Waals surface area (Å²) < 4.78 is 160. The third kappa shape index (κ3) is 4.55. The summed E-state index contributed by atoms with van der Waals surface area (Å²) in [5.74, 6) is -15.9. The lowest BCUT2D eigenvalue weighted by Gasteiger charge is -2.33. The van der Waals surface area contributed by atoms with Crippen molar-refractivity contribution in [3.05, 3.63) is 150 Å². The minimum Gasteiger partial charge on any atom is -0.377 e. The quantitative estimate of drug-likeness (QED) is 0.124. The smallest absolute Gasteiger partial charge is 0.377 e. The van der Waals surface area contributed by atoms with Gasteiger partial charge in [0.05, 0.1) is 5.41 Å². The maximum absolute atomic E-state index is 15.3. The molecule has 1 aromatic heterocycles. The normalized spacial score (nSPS) is 14.9. The molecular weight excluding hydrogens is 776 g/mol. The minimum atomic E-state index is -7.48. The van der Waals surface area contributed by atoms with Gasteiger partial charge in [0, 0.05) is 25.7 Å². The van der Waals surface area contributed by atoms with E-state index < -0.39 is 44.6 Å². The van der Waals surface area contributed by atoms with E-state index in [4.69, 9.17) is 4.18 Å². The van der Waals surface area contributed by atoms with Gasteiger partial charge in [-0.25, -0.2) is 0 Å². The Balaban J connectivity index is 1.34. The van der Waals surface area contributed by atoms with Crippen LogP contribution in [0.15, 0.2) is 127 Å². The highest BCUT2D eigenvalue weighted by molar-refractivity contribution is 7.88. The molecule has 0 atom stereocenters. The summed E-state index contributed by atoms with van der Waals surface area (Å²) in [5.41, 5.74) is 3.79. The first-order valence-electron chi connectivity index (χ1n) is 16.5. The zero-order valence-electron chi connectivity index (χ0n) is 27.6. The summed E-state index contributed by atoms with van der Waals surface area (Å²) in [4.78, 5) is 0. The van der Waals surface area contributed by atoms with Crippen molar-refractivity contribution < 1.29 is 52.1 Å². The van der Waals surface area contributed by atoms with Crippen LogP contribution in [0.5, 0.6) is 5.75 Å². The fourth-order valence-electron chi connectivity index (χ4n) is 7.99. The number of thiophene rings is 1. The van der Waals surface area contributed by atoms with Gasteiger partial charge in [-0.3, -0.25) is 0 Å². The second-order valence-corrected chi connectivity index (χ2v) is 16.0. The minimum absolute atomic E-state index is 0.158. The van der Waals surface area contributed by atoms with E-state index in [9.17, 15) is 39.2 Å². The van der Waals surface area contributed by atoms with Gasteiger partial charge in [0.1, 0.15) is 0 Å². The van der Waals surface area contributed by atoms with Gasteiger partial charge in [-0.15, -0.1) is 11.3 Å². The molecule has 0 saturated carbocycles. The average Bonchev–Trinajstić information content (AvgIpc) is 3.77. The molecule has 0 fully saturated rings. The Hall–Kier alpha value is -5.34. The first kappa shape index (κ1) is 35.4. The standard InChI is InChI=1S/C41H21F9O3S2/c42-38(43,40(46,47)48)39(44,45)41(49,50)55(51,52)53-34-21-33-28(20-27(34)22-17-18-36-29(19-22)26-12-4-8-16-35(26)54-36)25-11-3-7-15-32(25)37(33)30-13-5-1-9-23(30)24-10-2-6-14-31(24)37/h1-21H. The molecule has 0 saturated heterocycles. The Bertz CT molecular complexity index is 2820. The molecule has 1 spiro atoms.